The highest BCUT2D eigenvalue weighted by atomic mass is 32.2. The number of carboxylic acid groups (broad SMARTS) is 1. The zero-order valence-corrected chi connectivity index (χ0v) is 11.6. The number of nitrogens with zero attached hydrogens (tertiary/aromatic N) is 2. The molecule has 0 aliphatic carbocycles. The predicted octanol–water partition coefficient (Wildman–Crippen LogP) is 1.41. The number of benzene rings is 1. The average Bonchev–Trinajstić information content (AvgIpc) is 2.74. The number of nitrogen functional groups attached to an aromatic ring is 1. The average molecular weight is 294 g/mol. The smallest absolute Gasteiger partial charge is 0.343 e. The van der Waals surface area contributed by atoms with Gasteiger partial charge in [-0.25, -0.2) is 14.7 Å². The first-order valence-electron chi connectivity index (χ1n) is 5.98. The first-order chi connectivity index (χ1) is 9.52. The van der Waals surface area contributed by atoms with Crippen LogP contribution in [-0.4, -0.2) is 25.8 Å². The van der Waals surface area contributed by atoms with Gasteiger partial charge in [0.05, 0.1) is 5.56 Å². The van der Waals surface area contributed by atoms with Crippen LogP contribution in [0.15, 0.2) is 33.0 Å². The van der Waals surface area contributed by atoms with E-state index < -0.39 is 5.97 Å². The van der Waals surface area contributed by atoms with Crippen LogP contribution in [0.1, 0.15) is 23.7 Å². The van der Waals surface area contributed by atoms with E-state index in [0.717, 1.165) is 6.42 Å². The van der Waals surface area contributed by atoms with Crippen molar-refractivity contribution < 1.29 is 9.90 Å². The first kappa shape index (κ1) is 14.2. The van der Waals surface area contributed by atoms with E-state index in [1.54, 1.807) is 6.07 Å². The van der Waals surface area contributed by atoms with Crippen LogP contribution in [0.25, 0.3) is 0 Å². The molecule has 0 spiro atoms. The Hall–Kier alpha value is -2.22. The second-order valence-corrected chi connectivity index (χ2v) is 5.13. The van der Waals surface area contributed by atoms with Crippen molar-refractivity contribution in [1.82, 2.24) is 14.8 Å². The molecule has 20 heavy (non-hydrogen) atoms. The summed E-state index contributed by atoms with van der Waals surface area (Å²) in [6.07, 6.45) is 0.806. The van der Waals surface area contributed by atoms with E-state index >= 15 is 0 Å². The quantitative estimate of drug-likeness (QED) is 0.718. The van der Waals surface area contributed by atoms with Crippen LogP contribution in [0.5, 0.6) is 0 Å². The van der Waals surface area contributed by atoms with E-state index in [-0.39, 0.29) is 11.3 Å². The summed E-state index contributed by atoms with van der Waals surface area (Å²) >= 11 is 1.22. The van der Waals surface area contributed by atoms with Gasteiger partial charge in [0.2, 0.25) is 0 Å². The van der Waals surface area contributed by atoms with E-state index in [4.69, 9.17) is 10.8 Å². The molecule has 7 nitrogen and oxygen atoms in total. The second kappa shape index (κ2) is 5.83. The van der Waals surface area contributed by atoms with Crippen molar-refractivity contribution in [2.45, 2.75) is 29.9 Å². The third-order valence-corrected chi connectivity index (χ3v) is 3.71. The molecule has 106 valence electrons. The fraction of sp³-hybridized carbons (Fsp3) is 0.250. The first-order valence-corrected chi connectivity index (χ1v) is 6.80. The summed E-state index contributed by atoms with van der Waals surface area (Å²) in [5.41, 5.74) is 6.03. The van der Waals surface area contributed by atoms with Gasteiger partial charge in [-0.3, -0.25) is 4.57 Å². The van der Waals surface area contributed by atoms with Crippen molar-refractivity contribution in [2.75, 3.05) is 5.73 Å². The standard InChI is InChI=1S/C12H14N4O3S/c1-2-5-16-11(19)14-15-12(16)20-9-4-3-7(10(17)18)6-8(9)13/h3-4,6H,2,5,13H2,1H3,(H,14,19)(H,17,18). The number of carboxylic acids is 1. The zero-order valence-electron chi connectivity index (χ0n) is 10.8. The van der Waals surface area contributed by atoms with Gasteiger partial charge in [-0.15, -0.1) is 5.10 Å². The van der Waals surface area contributed by atoms with E-state index in [9.17, 15) is 9.59 Å². The SMILES string of the molecule is CCCn1c(Sc2ccc(C(=O)O)cc2N)n[nH]c1=O. The molecule has 1 aromatic heterocycles. The highest BCUT2D eigenvalue weighted by molar-refractivity contribution is 7.99. The Labute approximate surface area is 118 Å². The lowest BCUT2D eigenvalue weighted by Crippen LogP contribution is -2.17. The number of rotatable bonds is 5. The number of aromatic carboxylic acids is 1. The molecular formula is C12H14N4O3S. The van der Waals surface area contributed by atoms with Gasteiger partial charge in [-0.2, -0.15) is 0 Å². The second-order valence-electron chi connectivity index (χ2n) is 4.12. The zero-order chi connectivity index (χ0) is 14.7. The fourth-order valence-corrected chi connectivity index (χ4v) is 2.56. The normalized spacial score (nSPS) is 10.7. The maximum absolute atomic E-state index is 11.6. The van der Waals surface area contributed by atoms with Crippen LogP contribution >= 0.6 is 11.8 Å². The molecule has 0 amide bonds. The lowest BCUT2D eigenvalue weighted by atomic mass is 10.2. The number of carbonyl (C=O) groups is 1. The number of nitrogens with two attached hydrogens (primary N) is 1. The molecular weight excluding hydrogens is 280 g/mol. The highest BCUT2D eigenvalue weighted by Crippen LogP contribution is 2.30. The molecule has 8 heteroatoms. The van der Waals surface area contributed by atoms with Gasteiger partial charge >= 0.3 is 11.7 Å². The van der Waals surface area contributed by atoms with Crippen molar-refractivity contribution in [2.24, 2.45) is 0 Å². The summed E-state index contributed by atoms with van der Waals surface area (Å²) in [5, 5.41) is 15.7. The van der Waals surface area contributed by atoms with Crippen molar-refractivity contribution >= 4 is 23.4 Å². The minimum atomic E-state index is -1.03. The van der Waals surface area contributed by atoms with Crippen molar-refractivity contribution in [3.05, 3.63) is 34.2 Å². The van der Waals surface area contributed by atoms with Gasteiger partial charge in [0.25, 0.3) is 0 Å². The van der Waals surface area contributed by atoms with Crippen LogP contribution < -0.4 is 11.4 Å². The number of anilines is 1. The minimum absolute atomic E-state index is 0.125. The molecule has 0 fully saturated rings. The minimum Gasteiger partial charge on any atom is -0.478 e. The van der Waals surface area contributed by atoms with Gasteiger partial charge in [0.1, 0.15) is 0 Å². The lowest BCUT2D eigenvalue weighted by molar-refractivity contribution is 0.0697. The molecule has 0 atom stereocenters. The number of aromatic nitrogens is 3. The molecule has 0 aliphatic rings. The Morgan fingerprint density at radius 1 is 1.55 bits per heavy atom. The van der Waals surface area contributed by atoms with Crippen LogP contribution in [0.2, 0.25) is 0 Å². The molecule has 0 saturated carbocycles. The molecule has 4 N–H and O–H groups in total. The summed E-state index contributed by atoms with van der Waals surface area (Å²) in [6.45, 7) is 2.52. The molecule has 0 saturated heterocycles. The Morgan fingerprint density at radius 2 is 2.30 bits per heavy atom. The molecule has 2 rings (SSSR count). The maximum Gasteiger partial charge on any atom is 0.343 e. The highest BCUT2D eigenvalue weighted by Gasteiger charge is 2.12. The summed E-state index contributed by atoms with van der Waals surface area (Å²) in [5.74, 6) is -1.03. The Kier molecular flexibility index (Phi) is 4.14. The number of aromatic amines is 1. The van der Waals surface area contributed by atoms with Gasteiger partial charge in [-0.1, -0.05) is 6.92 Å². The van der Waals surface area contributed by atoms with Crippen molar-refractivity contribution in [1.29, 1.82) is 0 Å². The predicted molar refractivity (Wildman–Crippen MR) is 75.1 cm³/mol. The van der Waals surface area contributed by atoms with Crippen molar-refractivity contribution in [3.8, 4) is 0 Å². The third kappa shape index (κ3) is 2.85. The Balaban J connectivity index is 2.31. The number of hydrogen-bond donors (Lipinski definition) is 3. The van der Waals surface area contributed by atoms with Gasteiger partial charge < -0.3 is 10.8 Å². The van der Waals surface area contributed by atoms with Crippen LogP contribution in [0, 0.1) is 0 Å². The number of hydrogen-bond acceptors (Lipinski definition) is 5. The molecule has 0 bridgehead atoms. The monoisotopic (exact) mass is 294 g/mol. The Bertz CT molecular complexity index is 692. The number of H-pyrrole nitrogens is 1. The van der Waals surface area contributed by atoms with Crippen LogP contribution in [0.4, 0.5) is 5.69 Å². The topological polar surface area (TPSA) is 114 Å². The van der Waals surface area contributed by atoms with Gasteiger partial charge in [0.15, 0.2) is 5.16 Å². The molecule has 0 radical (unpaired) electrons. The van der Waals surface area contributed by atoms with Crippen LogP contribution in [-0.2, 0) is 6.54 Å². The van der Waals surface area contributed by atoms with E-state index in [1.807, 2.05) is 6.92 Å². The molecule has 0 aliphatic heterocycles. The summed E-state index contributed by atoms with van der Waals surface area (Å²) in [4.78, 5) is 23.1. The fourth-order valence-electron chi connectivity index (χ4n) is 1.67. The largest absolute Gasteiger partial charge is 0.478 e. The van der Waals surface area contributed by atoms with Gasteiger partial charge in [-0.05, 0) is 36.4 Å². The van der Waals surface area contributed by atoms with E-state index in [2.05, 4.69) is 10.2 Å². The molecule has 0 unspecified atom stereocenters. The van der Waals surface area contributed by atoms with E-state index in [0.29, 0.717) is 22.3 Å². The maximum atomic E-state index is 11.6. The van der Waals surface area contributed by atoms with Gasteiger partial charge in [0, 0.05) is 17.1 Å². The summed E-state index contributed by atoms with van der Waals surface area (Å²) in [6, 6.07) is 4.47. The van der Waals surface area contributed by atoms with Crippen molar-refractivity contribution in [3.63, 3.8) is 0 Å². The number of nitrogens with one attached hydrogen (secondary N) is 1. The molecule has 2 aromatic rings. The molecule has 1 aromatic carbocycles. The Morgan fingerprint density at radius 3 is 2.90 bits per heavy atom. The lowest BCUT2D eigenvalue weighted by Gasteiger charge is -2.06. The summed E-state index contributed by atoms with van der Waals surface area (Å²) in [7, 11) is 0. The van der Waals surface area contributed by atoms with Crippen LogP contribution in [0.3, 0.4) is 0 Å². The molecule has 1 heterocycles. The summed E-state index contributed by atoms with van der Waals surface area (Å²) < 4.78 is 1.52. The third-order valence-electron chi connectivity index (χ3n) is 2.63. The van der Waals surface area contributed by atoms with E-state index in [1.165, 1.54) is 28.5 Å².